The van der Waals surface area contributed by atoms with Gasteiger partial charge in [-0.05, 0) is 36.4 Å². The smallest absolute Gasteiger partial charge is 0.308 e. The van der Waals surface area contributed by atoms with Gasteiger partial charge in [0.2, 0.25) is 0 Å². The summed E-state index contributed by atoms with van der Waals surface area (Å²) >= 11 is 12.0. The Morgan fingerprint density at radius 2 is 1.54 bits per heavy atom. The molecule has 0 saturated carbocycles. The van der Waals surface area contributed by atoms with Crippen molar-refractivity contribution in [3.8, 4) is 5.75 Å². The van der Waals surface area contributed by atoms with Crippen molar-refractivity contribution < 1.29 is 19.1 Å². The zero-order valence-electron chi connectivity index (χ0n) is 15.2. The molecule has 0 radical (unpaired) electrons. The van der Waals surface area contributed by atoms with Crippen LogP contribution in [0.1, 0.15) is 27.6 Å². The van der Waals surface area contributed by atoms with Gasteiger partial charge in [-0.2, -0.15) is 0 Å². The van der Waals surface area contributed by atoms with Crippen LogP contribution in [0.15, 0.2) is 42.5 Å². The van der Waals surface area contributed by atoms with Gasteiger partial charge in [-0.3, -0.25) is 14.4 Å². The zero-order valence-corrected chi connectivity index (χ0v) is 16.7. The average Bonchev–Trinajstić information content (AvgIpc) is 2.67. The highest BCUT2D eigenvalue weighted by Crippen LogP contribution is 2.23. The molecular formula is C20H18Cl2N2O4. The lowest BCUT2D eigenvalue weighted by atomic mass is 10.1. The van der Waals surface area contributed by atoms with Crippen molar-refractivity contribution >= 4 is 41.0 Å². The summed E-state index contributed by atoms with van der Waals surface area (Å²) in [5.41, 5.74) is 0.819. The van der Waals surface area contributed by atoms with E-state index >= 15 is 0 Å². The first-order chi connectivity index (χ1) is 13.3. The number of rotatable bonds is 3. The molecular weight excluding hydrogens is 403 g/mol. The first kappa shape index (κ1) is 20.2. The Bertz CT molecular complexity index is 924. The second kappa shape index (κ2) is 8.63. The van der Waals surface area contributed by atoms with Crippen molar-refractivity contribution in [2.45, 2.75) is 6.92 Å². The van der Waals surface area contributed by atoms with Crippen molar-refractivity contribution in [3.05, 3.63) is 63.6 Å². The number of carbonyl (C=O) groups is 3. The third-order valence-corrected chi connectivity index (χ3v) is 4.91. The fourth-order valence-corrected chi connectivity index (χ4v) is 3.48. The number of piperazine rings is 1. The van der Waals surface area contributed by atoms with Crippen LogP contribution in [0.3, 0.4) is 0 Å². The van der Waals surface area contributed by atoms with Crippen LogP contribution < -0.4 is 4.74 Å². The highest BCUT2D eigenvalue weighted by molar-refractivity contribution is 6.36. The molecule has 8 heteroatoms. The molecule has 0 atom stereocenters. The van der Waals surface area contributed by atoms with Crippen LogP contribution >= 0.6 is 23.2 Å². The van der Waals surface area contributed by atoms with Crippen molar-refractivity contribution in [2.75, 3.05) is 26.2 Å². The third kappa shape index (κ3) is 4.64. The van der Waals surface area contributed by atoms with Gasteiger partial charge in [0.1, 0.15) is 5.75 Å². The Hall–Kier alpha value is -2.57. The molecule has 2 amide bonds. The number of amides is 2. The number of halogens is 2. The van der Waals surface area contributed by atoms with E-state index < -0.39 is 5.97 Å². The molecule has 6 nitrogen and oxygen atoms in total. The Kier molecular flexibility index (Phi) is 6.21. The van der Waals surface area contributed by atoms with Gasteiger partial charge in [0.05, 0.1) is 10.6 Å². The Labute approximate surface area is 172 Å². The number of ether oxygens (including phenoxy) is 1. The van der Waals surface area contributed by atoms with E-state index in [4.69, 9.17) is 27.9 Å². The van der Waals surface area contributed by atoms with E-state index in [2.05, 4.69) is 0 Å². The predicted molar refractivity (Wildman–Crippen MR) is 106 cm³/mol. The maximum absolute atomic E-state index is 12.7. The van der Waals surface area contributed by atoms with Crippen LogP contribution in [0.4, 0.5) is 0 Å². The van der Waals surface area contributed by atoms with E-state index in [1.807, 2.05) is 0 Å². The summed E-state index contributed by atoms with van der Waals surface area (Å²) in [5, 5.41) is 0.770. The first-order valence-corrected chi connectivity index (χ1v) is 9.43. The summed E-state index contributed by atoms with van der Waals surface area (Å²) < 4.78 is 5.03. The van der Waals surface area contributed by atoms with Gasteiger partial charge < -0.3 is 14.5 Å². The largest absolute Gasteiger partial charge is 0.427 e. The lowest BCUT2D eigenvalue weighted by molar-refractivity contribution is -0.131. The van der Waals surface area contributed by atoms with E-state index in [0.29, 0.717) is 53.1 Å². The molecule has 0 N–H and O–H groups in total. The van der Waals surface area contributed by atoms with Crippen molar-refractivity contribution in [3.63, 3.8) is 0 Å². The van der Waals surface area contributed by atoms with Gasteiger partial charge in [-0.25, -0.2) is 0 Å². The Morgan fingerprint density at radius 3 is 2.14 bits per heavy atom. The number of esters is 1. The standard InChI is InChI=1S/C20H18Cl2N2O4/c1-13(25)28-16-4-2-3-14(11-16)19(26)23-7-9-24(10-8-23)20(27)17-6-5-15(21)12-18(17)22/h2-6,11-12H,7-10H2,1H3. The molecule has 0 aromatic heterocycles. The molecule has 0 unspecified atom stereocenters. The molecule has 28 heavy (non-hydrogen) atoms. The molecule has 146 valence electrons. The lowest BCUT2D eigenvalue weighted by Gasteiger charge is -2.35. The third-order valence-electron chi connectivity index (χ3n) is 4.36. The summed E-state index contributed by atoms with van der Waals surface area (Å²) in [6.45, 7) is 2.89. The second-order valence-corrected chi connectivity index (χ2v) is 7.17. The van der Waals surface area contributed by atoms with Gasteiger partial charge in [0.15, 0.2) is 0 Å². The minimum Gasteiger partial charge on any atom is -0.427 e. The van der Waals surface area contributed by atoms with E-state index in [9.17, 15) is 14.4 Å². The maximum atomic E-state index is 12.7. The Morgan fingerprint density at radius 1 is 0.893 bits per heavy atom. The van der Waals surface area contributed by atoms with E-state index in [0.717, 1.165) is 0 Å². The SMILES string of the molecule is CC(=O)Oc1cccc(C(=O)N2CCN(C(=O)c3ccc(Cl)cc3Cl)CC2)c1. The summed E-state index contributed by atoms with van der Waals surface area (Å²) in [7, 11) is 0. The van der Waals surface area contributed by atoms with Crippen molar-refractivity contribution in [2.24, 2.45) is 0 Å². The van der Waals surface area contributed by atoms with Gasteiger partial charge in [-0.1, -0.05) is 29.3 Å². The molecule has 0 bridgehead atoms. The lowest BCUT2D eigenvalue weighted by Crippen LogP contribution is -2.50. The second-order valence-electron chi connectivity index (χ2n) is 6.33. The molecule has 1 aliphatic heterocycles. The molecule has 1 fully saturated rings. The van der Waals surface area contributed by atoms with Crippen LogP contribution in [0.25, 0.3) is 0 Å². The number of benzene rings is 2. The highest BCUT2D eigenvalue weighted by Gasteiger charge is 2.26. The highest BCUT2D eigenvalue weighted by atomic mass is 35.5. The molecule has 3 rings (SSSR count). The van der Waals surface area contributed by atoms with Gasteiger partial charge in [0, 0.05) is 43.7 Å². The fraction of sp³-hybridized carbons (Fsp3) is 0.250. The van der Waals surface area contributed by atoms with E-state index in [1.165, 1.54) is 19.1 Å². The molecule has 0 spiro atoms. The van der Waals surface area contributed by atoms with E-state index in [-0.39, 0.29) is 11.8 Å². The minimum absolute atomic E-state index is 0.175. The van der Waals surface area contributed by atoms with Crippen molar-refractivity contribution in [1.29, 1.82) is 0 Å². The van der Waals surface area contributed by atoms with Crippen LogP contribution in [0.5, 0.6) is 5.75 Å². The molecule has 0 aliphatic carbocycles. The van der Waals surface area contributed by atoms with Gasteiger partial charge in [-0.15, -0.1) is 0 Å². The normalized spacial score (nSPS) is 14.0. The van der Waals surface area contributed by atoms with Crippen LogP contribution in [-0.2, 0) is 4.79 Å². The van der Waals surface area contributed by atoms with Gasteiger partial charge >= 0.3 is 5.97 Å². The number of hydrogen-bond acceptors (Lipinski definition) is 4. The molecule has 1 aliphatic rings. The van der Waals surface area contributed by atoms with Crippen molar-refractivity contribution in [1.82, 2.24) is 9.80 Å². The zero-order chi connectivity index (χ0) is 20.3. The summed E-state index contributed by atoms with van der Waals surface area (Å²) in [5.74, 6) is -0.488. The van der Waals surface area contributed by atoms with Gasteiger partial charge in [0.25, 0.3) is 11.8 Å². The molecule has 1 heterocycles. The first-order valence-electron chi connectivity index (χ1n) is 8.67. The van der Waals surface area contributed by atoms with E-state index in [1.54, 1.807) is 40.1 Å². The molecule has 2 aromatic carbocycles. The summed E-state index contributed by atoms with van der Waals surface area (Å²) in [6.07, 6.45) is 0. The summed E-state index contributed by atoms with van der Waals surface area (Å²) in [4.78, 5) is 39.8. The van der Waals surface area contributed by atoms with Crippen LogP contribution in [-0.4, -0.2) is 53.8 Å². The minimum atomic E-state index is -0.447. The number of hydrogen-bond donors (Lipinski definition) is 0. The topological polar surface area (TPSA) is 66.9 Å². The predicted octanol–water partition coefficient (Wildman–Crippen LogP) is 3.52. The molecule has 1 saturated heterocycles. The quantitative estimate of drug-likeness (QED) is 0.562. The maximum Gasteiger partial charge on any atom is 0.308 e. The monoisotopic (exact) mass is 420 g/mol. The fourth-order valence-electron chi connectivity index (χ4n) is 2.99. The molecule has 2 aromatic rings. The van der Waals surface area contributed by atoms with Crippen LogP contribution in [0, 0.1) is 0 Å². The Balaban J connectivity index is 1.64. The van der Waals surface area contributed by atoms with Crippen LogP contribution in [0.2, 0.25) is 10.0 Å². The number of nitrogens with zero attached hydrogens (tertiary/aromatic N) is 2. The number of carbonyl (C=O) groups excluding carboxylic acids is 3. The average molecular weight is 421 g/mol. The summed E-state index contributed by atoms with van der Waals surface area (Å²) in [6, 6.07) is 11.2.